The lowest BCUT2D eigenvalue weighted by molar-refractivity contribution is -0.138. The van der Waals surface area contributed by atoms with Crippen molar-refractivity contribution in [1.82, 2.24) is 0 Å². The molecule has 0 atom stereocenters. The van der Waals surface area contributed by atoms with Crippen LogP contribution in [0.3, 0.4) is 0 Å². The molecule has 0 heterocycles. The van der Waals surface area contributed by atoms with Gasteiger partial charge in [-0.05, 0) is 19.8 Å². The molecule has 0 aromatic heterocycles. The second kappa shape index (κ2) is 10.9. The number of unbranched alkanes of at least 4 members (excludes halogenated alkanes) is 5. The predicted octanol–water partition coefficient (Wildman–Crippen LogP) is 3.13. The lowest BCUT2D eigenvalue weighted by atomic mass is 10.0. The minimum atomic E-state index is -0.908. The van der Waals surface area contributed by atoms with Gasteiger partial charge in [-0.15, -0.1) is 0 Å². The van der Waals surface area contributed by atoms with E-state index >= 15 is 0 Å². The third-order valence-corrected chi connectivity index (χ3v) is 2.85. The van der Waals surface area contributed by atoms with Gasteiger partial charge < -0.3 is 9.90 Å². The maximum atomic E-state index is 11.3. The lowest BCUT2D eigenvalue weighted by Crippen LogP contribution is -2.02. The van der Waals surface area contributed by atoms with Crippen molar-refractivity contribution in [3.05, 3.63) is 0 Å². The highest BCUT2D eigenvalue weighted by molar-refractivity contribution is 5.82. The number of ketones is 2. The van der Waals surface area contributed by atoms with Gasteiger partial charge >= 0.3 is 5.97 Å². The van der Waals surface area contributed by atoms with Crippen LogP contribution in [0.5, 0.6) is 0 Å². The van der Waals surface area contributed by atoms with Gasteiger partial charge in [-0.25, -0.2) is 0 Å². The average molecular weight is 256 g/mol. The highest BCUT2D eigenvalue weighted by Gasteiger charge is 2.05. The second-order valence-electron chi connectivity index (χ2n) is 4.76. The van der Waals surface area contributed by atoms with Gasteiger partial charge in [0.1, 0.15) is 11.6 Å². The SMILES string of the molecule is CC(=O)CCCCCCCCC(=O)CCC(=O)O. The summed E-state index contributed by atoms with van der Waals surface area (Å²) in [4.78, 5) is 32.2. The monoisotopic (exact) mass is 256 g/mol. The Morgan fingerprint density at radius 1 is 0.722 bits per heavy atom. The quantitative estimate of drug-likeness (QED) is 0.544. The minimum absolute atomic E-state index is 0.0500. The van der Waals surface area contributed by atoms with Crippen molar-refractivity contribution in [3.63, 3.8) is 0 Å². The molecule has 0 radical (unpaired) electrons. The Kier molecular flexibility index (Phi) is 10.2. The van der Waals surface area contributed by atoms with Crippen LogP contribution in [0.25, 0.3) is 0 Å². The van der Waals surface area contributed by atoms with Crippen LogP contribution in [-0.2, 0) is 14.4 Å². The first-order valence-electron chi connectivity index (χ1n) is 6.75. The molecule has 0 saturated heterocycles. The first kappa shape index (κ1) is 16.8. The Bertz CT molecular complexity index is 271. The minimum Gasteiger partial charge on any atom is -0.481 e. The molecule has 4 heteroatoms. The van der Waals surface area contributed by atoms with E-state index in [-0.39, 0.29) is 24.4 Å². The van der Waals surface area contributed by atoms with Gasteiger partial charge in [0.25, 0.3) is 0 Å². The zero-order chi connectivity index (χ0) is 13.8. The molecule has 0 bridgehead atoms. The van der Waals surface area contributed by atoms with Crippen molar-refractivity contribution in [2.75, 3.05) is 0 Å². The molecule has 0 fully saturated rings. The van der Waals surface area contributed by atoms with Crippen molar-refractivity contribution in [3.8, 4) is 0 Å². The van der Waals surface area contributed by atoms with E-state index in [0.29, 0.717) is 12.8 Å². The summed E-state index contributed by atoms with van der Waals surface area (Å²) in [6, 6.07) is 0. The molecule has 0 aromatic rings. The molecule has 0 aliphatic heterocycles. The normalized spacial score (nSPS) is 10.3. The summed E-state index contributed by atoms with van der Waals surface area (Å²) < 4.78 is 0. The van der Waals surface area contributed by atoms with Crippen LogP contribution in [0.2, 0.25) is 0 Å². The second-order valence-corrected chi connectivity index (χ2v) is 4.76. The number of carboxylic acid groups (broad SMARTS) is 1. The number of carboxylic acids is 1. The Morgan fingerprint density at radius 2 is 1.22 bits per heavy atom. The molecular weight excluding hydrogens is 232 g/mol. The van der Waals surface area contributed by atoms with Gasteiger partial charge in [-0.2, -0.15) is 0 Å². The van der Waals surface area contributed by atoms with E-state index in [2.05, 4.69) is 0 Å². The highest BCUT2D eigenvalue weighted by Crippen LogP contribution is 2.10. The van der Waals surface area contributed by atoms with Gasteiger partial charge in [-0.3, -0.25) is 9.59 Å². The molecule has 0 aromatic carbocycles. The summed E-state index contributed by atoms with van der Waals surface area (Å²) in [6.45, 7) is 1.61. The number of aliphatic carboxylic acids is 1. The number of carbonyl (C=O) groups is 3. The van der Waals surface area contributed by atoms with Gasteiger partial charge in [0.05, 0.1) is 6.42 Å². The van der Waals surface area contributed by atoms with Gasteiger partial charge in [0, 0.05) is 19.3 Å². The lowest BCUT2D eigenvalue weighted by Gasteiger charge is -2.01. The van der Waals surface area contributed by atoms with Crippen molar-refractivity contribution in [2.45, 2.75) is 71.1 Å². The molecule has 0 aliphatic carbocycles. The zero-order valence-electron chi connectivity index (χ0n) is 11.2. The number of carbonyl (C=O) groups excluding carboxylic acids is 2. The van der Waals surface area contributed by atoms with Crippen LogP contribution in [0.4, 0.5) is 0 Å². The van der Waals surface area contributed by atoms with Crippen molar-refractivity contribution in [2.24, 2.45) is 0 Å². The molecule has 0 amide bonds. The highest BCUT2D eigenvalue weighted by atomic mass is 16.4. The standard InChI is InChI=1S/C14H24O4/c1-12(15)8-6-4-2-3-5-7-9-13(16)10-11-14(17)18/h2-11H2,1H3,(H,17,18). The fourth-order valence-electron chi connectivity index (χ4n) is 1.77. The van der Waals surface area contributed by atoms with Crippen LogP contribution in [0, 0.1) is 0 Å². The van der Waals surface area contributed by atoms with Crippen molar-refractivity contribution >= 4 is 17.5 Å². The average Bonchev–Trinajstić information content (AvgIpc) is 2.29. The largest absolute Gasteiger partial charge is 0.481 e. The summed E-state index contributed by atoms with van der Waals surface area (Å²) >= 11 is 0. The maximum Gasteiger partial charge on any atom is 0.303 e. The Balaban J connectivity index is 3.22. The summed E-state index contributed by atoms with van der Waals surface area (Å²) in [6.07, 6.45) is 7.39. The van der Waals surface area contributed by atoms with E-state index in [1.807, 2.05) is 0 Å². The number of Topliss-reactive ketones (excluding diaryl/α,β-unsaturated/α-hetero) is 2. The van der Waals surface area contributed by atoms with Crippen LogP contribution >= 0.6 is 0 Å². The van der Waals surface area contributed by atoms with E-state index in [9.17, 15) is 14.4 Å². The van der Waals surface area contributed by atoms with Crippen LogP contribution in [-0.4, -0.2) is 22.6 Å². The van der Waals surface area contributed by atoms with Gasteiger partial charge in [0.2, 0.25) is 0 Å². The summed E-state index contributed by atoms with van der Waals surface area (Å²) in [7, 11) is 0. The van der Waals surface area contributed by atoms with Crippen LogP contribution in [0.15, 0.2) is 0 Å². The molecule has 0 saturated carbocycles. The van der Waals surface area contributed by atoms with E-state index in [4.69, 9.17) is 5.11 Å². The number of rotatable bonds is 12. The fraction of sp³-hybridized carbons (Fsp3) is 0.786. The maximum absolute atomic E-state index is 11.3. The van der Waals surface area contributed by atoms with Crippen molar-refractivity contribution in [1.29, 1.82) is 0 Å². The first-order chi connectivity index (χ1) is 8.52. The summed E-state index contributed by atoms with van der Waals surface area (Å²) in [5.74, 6) is -0.609. The van der Waals surface area contributed by atoms with Crippen molar-refractivity contribution < 1.29 is 19.5 Å². The number of hydrogen-bond donors (Lipinski definition) is 1. The van der Waals surface area contributed by atoms with E-state index in [1.54, 1.807) is 6.92 Å². The molecule has 0 unspecified atom stereocenters. The molecule has 0 rings (SSSR count). The molecule has 0 aliphatic rings. The third-order valence-electron chi connectivity index (χ3n) is 2.85. The Hall–Kier alpha value is -1.19. The fourth-order valence-corrected chi connectivity index (χ4v) is 1.77. The molecule has 1 N–H and O–H groups in total. The first-order valence-corrected chi connectivity index (χ1v) is 6.75. The van der Waals surface area contributed by atoms with E-state index in [1.165, 1.54) is 0 Å². The molecule has 4 nitrogen and oxygen atoms in total. The Labute approximate surface area is 109 Å². The van der Waals surface area contributed by atoms with E-state index < -0.39 is 5.97 Å². The molecular formula is C14H24O4. The zero-order valence-corrected chi connectivity index (χ0v) is 11.2. The van der Waals surface area contributed by atoms with Gasteiger partial charge in [-0.1, -0.05) is 25.7 Å². The summed E-state index contributed by atoms with van der Waals surface area (Å²) in [5.41, 5.74) is 0. The number of hydrogen-bond acceptors (Lipinski definition) is 3. The molecule has 0 spiro atoms. The molecule has 104 valence electrons. The Morgan fingerprint density at radius 3 is 1.72 bits per heavy atom. The third kappa shape index (κ3) is 12.9. The molecule has 18 heavy (non-hydrogen) atoms. The predicted molar refractivity (Wildman–Crippen MR) is 69.5 cm³/mol. The van der Waals surface area contributed by atoms with E-state index in [0.717, 1.165) is 38.5 Å². The van der Waals surface area contributed by atoms with Gasteiger partial charge in [0.15, 0.2) is 0 Å². The van der Waals surface area contributed by atoms with Crippen LogP contribution < -0.4 is 0 Å². The summed E-state index contributed by atoms with van der Waals surface area (Å²) in [5, 5.41) is 8.42. The topological polar surface area (TPSA) is 71.4 Å². The van der Waals surface area contributed by atoms with Crippen LogP contribution in [0.1, 0.15) is 71.1 Å². The smallest absolute Gasteiger partial charge is 0.303 e.